The molecule has 0 aliphatic heterocycles. The van der Waals surface area contributed by atoms with Crippen LogP contribution in [0.2, 0.25) is 10.0 Å². The molecule has 3 nitrogen and oxygen atoms in total. The normalized spacial score (nSPS) is 10.7. The van der Waals surface area contributed by atoms with Crippen LogP contribution in [0.1, 0.15) is 5.76 Å². The van der Waals surface area contributed by atoms with Gasteiger partial charge in [0.15, 0.2) is 0 Å². The first-order chi connectivity index (χ1) is 7.70. The van der Waals surface area contributed by atoms with Crippen LogP contribution in [0.5, 0.6) is 0 Å². The first-order valence-corrected chi connectivity index (χ1v) is 5.57. The maximum atomic E-state index is 6.05. The van der Waals surface area contributed by atoms with Gasteiger partial charge in [-0.05, 0) is 24.7 Å². The second-order valence-electron chi connectivity index (χ2n) is 3.34. The van der Waals surface area contributed by atoms with Gasteiger partial charge in [-0.1, -0.05) is 28.4 Å². The van der Waals surface area contributed by atoms with E-state index in [0.717, 1.165) is 11.3 Å². The third kappa shape index (κ3) is 2.38. The first kappa shape index (κ1) is 11.5. The van der Waals surface area contributed by atoms with Crippen molar-refractivity contribution in [3.8, 4) is 11.3 Å². The Labute approximate surface area is 103 Å². The first-order valence-electron chi connectivity index (χ1n) is 4.82. The Balaban J connectivity index is 2.38. The Morgan fingerprint density at radius 2 is 2.06 bits per heavy atom. The van der Waals surface area contributed by atoms with Gasteiger partial charge >= 0.3 is 0 Å². The molecule has 0 bridgehead atoms. The van der Waals surface area contributed by atoms with Crippen molar-refractivity contribution in [3.05, 3.63) is 40.1 Å². The molecule has 84 valence electrons. The minimum atomic E-state index is 0.526. The third-order valence-electron chi connectivity index (χ3n) is 2.15. The van der Waals surface area contributed by atoms with Crippen molar-refractivity contribution in [2.45, 2.75) is 6.42 Å². The number of hydrogen-bond donors (Lipinski definition) is 1. The number of rotatable bonds is 3. The zero-order valence-corrected chi connectivity index (χ0v) is 9.92. The maximum Gasteiger partial charge on any atom is 0.138 e. The molecule has 2 rings (SSSR count). The number of nitrogens with zero attached hydrogens (tertiary/aromatic N) is 1. The van der Waals surface area contributed by atoms with Gasteiger partial charge in [0.25, 0.3) is 0 Å². The van der Waals surface area contributed by atoms with E-state index in [1.165, 1.54) is 0 Å². The molecule has 16 heavy (non-hydrogen) atoms. The van der Waals surface area contributed by atoms with E-state index >= 15 is 0 Å². The second-order valence-corrected chi connectivity index (χ2v) is 4.18. The highest BCUT2D eigenvalue weighted by molar-refractivity contribution is 6.35. The van der Waals surface area contributed by atoms with Crippen molar-refractivity contribution < 1.29 is 4.52 Å². The van der Waals surface area contributed by atoms with Crippen LogP contribution in [-0.2, 0) is 6.42 Å². The van der Waals surface area contributed by atoms with Crippen LogP contribution in [0.25, 0.3) is 11.3 Å². The number of hydrogen-bond acceptors (Lipinski definition) is 3. The van der Waals surface area contributed by atoms with Crippen molar-refractivity contribution in [2.24, 2.45) is 5.73 Å². The highest BCUT2D eigenvalue weighted by Gasteiger charge is 2.10. The zero-order valence-electron chi connectivity index (χ0n) is 8.41. The van der Waals surface area contributed by atoms with Crippen LogP contribution in [0.15, 0.2) is 28.8 Å². The van der Waals surface area contributed by atoms with Gasteiger partial charge in [-0.25, -0.2) is 0 Å². The molecule has 0 aliphatic rings. The Bertz CT molecular complexity index is 496. The fourth-order valence-electron chi connectivity index (χ4n) is 1.39. The van der Waals surface area contributed by atoms with Gasteiger partial charge < -0.3 is 10.3 Å². The molecule has 2 N–H and O–H groups in total. The summed E-state index contributed by atoms with van der Waals surface area (Å²) in [5.41, 5.74) is 6.87. The Kier molecular flexibility index (Phi) is 3.49. The van der Waals surface area contributed by atoms with Gasteiger partial charge in [-0.3, -0.25) is 0 Å². The summed E-state index contributed by atoms with van der Waals surface area (Å²) < 4.78 is 5.12. The van der Waals surface area contributed by atoms with Gasteiger partial charge in [0, 0.05) is 23.1 Å². The van der Waals surface area contributed by atoms with Gasteiger partial charge in [0.2, 0.25) is 0 Å². The van der Waals surface area contributed by atoms with Crippen LogP contribution in [0, 0.1) is 0 Å². The lowest BCUT2D eigenvalue weighted by atomic mass is 10.1. The van der Waals surface area contributed by atoms with Crippen molar-refractivity contribution in [1.82, 2.24) is 5.16 Å². The molecule has 0 unspecified atom stereocenters. The van der Waals surface area contributed by atoms with Crippen LogP contribution >= 0.6 is 23.2 Å². The number of halogens is 2. The standard InChI is InChI=1S/C11H10Cl2N2O/c12-7-1-2-10(13)9(5-7)11-6-8(3-4-14)16-15-11/h1-2,5-6H,3-4,14H2. The predicted molar refractivity (Wildman–Crippen MR) is 64.7 cm³/mol. The number of benzene rings is 1. The van der Waals surface area contributed by atoms with Crippen molar-refractivity contribution in [3.63, 3.8) is 0 Å². The maximum absolute atomic E-state index is 6.05. The summed E-state index contributed by atoms with van der Waals surface area (Å²) in [4.78, 5) is 0. The minimum Gasteiger partial charge on any atom is -0.361 e. The third-order valence-corrected chi connectivity index (χ3v) is 2.72. The Morgan fingerprint density at radius 1 is 1.25 bits per heavy atom. The topological polar surface area (TPSA) is 52.0 Å². The fraction of sp³-hybridized carbons (Fsp3) is 0.182. The van der Waals surface area contributed by atoms with E-state index in [1.807, 2.05) is 6.07 Å². The highest BCUT2D eigenvalue weighted by Crippen LogP contribution is 2.30. The summed E-state index contributed by atoms with van der Waals surface area (Å²) in [6.45, 7) is 0.526. The van der Waals surface area contributed by atoms with E-state index in [9.17, 15) is 0 Å². The summed E-state index contributed by atoms with van der Waals surface area (Å²) in [5.74, 6) is 0.744. The molecular weight excluding hydrogens is 247 g/mol. The lowest BCUT2D eigenvalue weighted by molar-refractivity contribution is 0.386. The molecule has 0 amide bonds. The summed E-state index contributed by atoms with van der Waals surface area (Å²) in [6, 6.07) is 7.04. The number of nitrogens with two attached hydrogens (primary N) is 1. The molecule has 0 saturated heterocycles. The summed E-state index contributed by atoms with van der Waals surface area (Å²) >= 11 is 11.9. The van der Waals surface area contributed by atoms with Crippen LogP contribution in [0.3, 0.4) is 0 Å². The molecule has 0 radical (unpaired) electrons. The molecule has 0 aliphatic carbocycles. The van der Waals surface area contributed by atoms with Crippen LogP contribution in [-0.4, -0.2) is 11.7 Å². The van der Waals surface area contributed by atoms with Crippen molar-refractivity contribution in [1.29, 1.82) is 0 Å². The molecule has 2 aromatic rings. The van der Waals surface area contributed by atoms with Gasteiger partial charge in [0.1, 0.15) is 11.5 Å². The van der Waals surface area contributed by atoms with Crippen molar-refractivity contribution in [2.75, 3.05) is 6.54 Å². The minimum absolute atomic E-state index is 0.526. The van der Waals surface area contributed by atoms with Gasteiger partial charge in [0.05, 0.1) is 5.02 Å². The van der Waals surface area contributed by atoms with E-state index < -0.39 is 0 Å². The molecule has 0 spiro atoms. The smallest absolute Gasteiger partial charge is 0.138 e. The van der Waals surface area contributed by atoms with Crippen LogP contribution in [0.4, 0.5) is 0 Å². The van der Waals surface area contributed by atoms with E-state index in [-0.39, 0.29) is 0 Å². The average Bonchev–Trinajstić information content (AvgIpc) is 2.71. The monoisotopic (exact) mass is 256 g/mol. The Morgan fingerprint density at radius 3 is 2.81 bits per heavy atom. The largest absolute Gasteiger partial charge is 0.361 e. The summed E-state index contributed by atoms with van der Waals surface area (Å²) in [7, 11) is 0. The molecule has 5 heteroatoms. The second kappa shape index (κ2) is 4.87. The highest BCUT2D eigenvalue weighted by atomic mass is 35.5. The lowest BCUT2D eigenvalue weighted by Gasteiger charge is -1.99. The molecule has 0 atom stereocenters. The average molecular weight is 257 g/mol. The zero-order chi connectivity index (χ0) is 11.5. The summed E-state index contributed by atoms with van der Waals surface area (Å²) in [5, 5.41) is 5.14. The van der Waals surface area contributed by atoms with E-state index in [1.54, 1.807) is 18.2 Å². The molecule has 0 fully saturated rings. The van der Waals surface area contributed by atoms with E-state index in [2.05, 4.69) is 5.16 Å². The molecule has 1 heterocycles. The van der Waals surface area contributed by atoms with Crippen LogP contribution < -0.4 is 5.73 Å². The molecule has 0 saturated carbocycles. The predicted octanol–water partition coefficient (Wildman–Crippen LogP) is 3.15. The van der Waals surface area contributed by atoms with Gasteiger partial charge in [-0.2, -0.15) is 0 Å². The molecule has 1 aromatic carbocycles. The molecular formula is C11H10Cl2N2O. The SMILES string of the molecule is NCCc1cc(-c2cc(Cl)ccc2Cl)no1. The van der Waals surface area contributed by atoms with E-state index in [0.29, 0.717) is 28.7 Å². The van der Waals surface area contributed by atoms with Gasteiger partial charge in [-0.15, -0.1) is 0 Å². The quantitative estimate of drug-likeness (QED) is 0.918. The summed E-state index contributed by atoms with van der Waals surface area (Å²) in [6.07, 6.45) is 0.658. The van der Waals surface area contributed by atoms with E-state index in [4.69, 9.17) is 33.5 Å². The fourth-order valence-corrected chi connectivity index (χ4v) is 1.78. The number of aromatic nitrogens is 1. The Hall–Kier alpha value is -1.03. The molecule has 1 aromatic heterocycles. The lowest BCUT2D eigenvalue weighted by Crippen LogP contribution is -2.01. The van der Waals surface area contributed by atoms with Crippen molar-refractivity contribution >= 4 is 23.2 Å².